The Bertz CT molecular complexity index is 1360. The van der Waals surface area contributed by atoms with Gasteiger partial charge in [0.15, 0.2) is 5.78 Å². The number of ketones is 1. The number of hydrogen-bond acceptors (Lipinski definition) is 4. The highest BCUT2D eigenvalue weighted by Gasteiger charge is 2.18. The molecule has 4 rings (SSSR count). The van der Waals surface area contributed by atoms with Crippen LogP contribution in [0.2, 0.25) is 0 Å². The molecule has 4 aromatic rings. The molecule has 0 aliphatic rings. The van der Waals surface area contributed by atoms with Gasteiger partial charge in [0, 0.05) is 39.7 Å². The van der Waals surface area contributed by atoms with E-state index in [1.165, 1.54) is 18.6 Å². The maximum atomic E-state index is 13.1. The van der Waals surface area contributed by atoms with Crippen molar-refractivity contribution >= 4 is 44.2 Å². The smallest absolute Gasteiger partial charge is 0.244 e. The van der Waals surface area contributed by atoms with Crippen molar-refractivity contribution in [3.63, 3.8) is 0 Å². The first-order valence-electron chi connectivity index (χ1n) is 9.57. The number of nitrogens with zero attached hydrogens (tertiary/aromatic N) is 2. The van der Waals surface area contributed by atoms with E-state index in [-0.39, 0.29) is 23.4 Å². The molecule has 0 atom stereocenters. The van der Waals surface area contributed by atoms with Gasteiger partial charge in [-0.1, -0.05) is 34.1 Å². The molecule has 0 fully saturated rings. The van der Waals surface area contributed by atoms with E-state index in [2.05, 4.69) is 26.2 Å². The fraction of sp³-hybridized carbons (Fsp3) is 0.0833. The number of hydrogen-bond donors (Lipinski definition) is 1. The third-order valence-corrected chi connectivity index (χ3v) is 5.46. The topological polar surface area (TPSA) is 81.1 Å². The molecule has 0 radical (unpaired) electrons. The highest BCUT2D eigenvalue weighted by atomic mass is 79.9. The zero-order valence-electron chi connectivity index (χ0n) is 16.6. The average molecular weight is 476 g/mol. The van der Waals surface area contributed by atoms with Crippen LogP contribution in [0, 0.1) is 6.92 Å². The Labute approximate surface area is 186 Å². The van der Waals surface area contributed by atoms with Crippen LogP contribution in [0.5, 0.6) is 0 Å². The highest BCUT2D eigenvalue weighted by molar-refractivity contribution is 9.10. The minimum Gasteiger partial charge on any atom is -0.337 e. The van der Waals surface area contributed by atoms with Gasteiger partial charge in [0.1, 0.15) is 6.54 Å². The van der Waals surface area contributed by atoms with Crippen molar-refractivity contribution in [2.45, 2.75) is 13.5 Å². The Morgan fingerprint density at radius 2 is 1.81 bits per heavy atom. The Kier molecular flexibility index (Phi) is 5.77. The third-order valence-electron chi connectivity index (χ3n) is 4.96. The van der Waals surface area contributed by atoms with Gasteiger partial charge < -0.3 is 9.88 Å². The van der Waals surface area contributed by atoms with E-state index in [1.54, 1.807) is 34.9 Å². The van der Waals surface area contributed by atoms with E-state index in [0.717, 1.165) is 5.56 Å². The number of anilines is 1. The monoisotopic (exact) mass is 475 g/mol. The minimum atomic E-state index is -0.415. The molecular formula is C24H18BrN3O3. The average Bonchev–Trinajstić information content (AvgIpc) is 2.77. The lowest BCUT2D eigenvalue weighted by molar-refractivity contribution is -0.116. The molecule has 1 N–H and O–H groups in total. The van der Waals surface area contributed by atoms with E-state index >= 15 is 0 Å². The molecule has 0 spiro atoms. The van der Waals surface area contributed by atoms with E-state index in [1.807, 2.05) is 31.2 Å². The second-order valence-corrected chi connectivity index (χ2v) is 8.01. The van der Waals surface area contributed by atoms with Crippen molar-refractivity contribution in [2.75, 3.05) is 5.32 Å². The Morgan fingerprint density at radius 1 is 1.06 bits per heavy atom. The molecule has 154 valence electrons. The largest absolute Gasteiger partial charge is 0.337 e. The summed E-state index contributed by atoms with van der Waals surface area (Å²) in [6, 6.07) is 15.8. The lowest BCUT2D eigenvalue weighted by Gasteiger charge is -2.14. The molecular weight excluding hydrogens is 458 g/mol. The van der Waals surface area contributed by atoms with Gasteiger partial charge in [-0.15, -0.1) is 0 Å². The van der Waals surface area contributed by atoms with Crippen molar-refractivity contribution < 1.29 is 9.59 Å². The molecule has 0 saturated carbocycles. The maximum absolute atomic E-state index is 13.1. The van der Waals surface area contributed by atoms with Crippen LogP contribution in [0.25, 0.3) is 10.9 Å². The summed E-state index contributed by atoms with van der Waals surface area (Å²) in [5.74, 6) is -0.674. The number of rotatable bonds is 5. The summed E-state index contributed by atoms with van der Waals surface area (Å²) < 4.78 is 2.34. The molecule has 31 heavy (non-hydrogen) atoms. The fourth-order valence-electron chi connectivity index (χ4n) is 3.38. The summed E-state index contributed by atoms with van der Waals surface area (Å²) in [6.45, 7) is 1.86. The number of aryl methyl sites for hydroxylation is 1. The second-order valence-electron chi connectivity index (χ2n) is 7.09. The number of nitrogens with one attached hydrogen (secondary N) is 1. The van der Waals surface area contributed by atoms with Crippen LogP contribution >= 0.6 is 15.9 Å². The molecule has 0 saturated heterocycles. The summed E-state index contributed by atoms with van der Waals surface area (Å²) in [5.41, 5.74) is 2.21. The highest BCUT2D eigenvalue weighted by Crippen LogP contribution is 2.20. The zero-order chi connectivity index (χ0) is 22.0. The molecule has 0 aliphatic heterocycles. The normalized spacial score (nSPS) is 10.8. The Balaban J connectivity index is 1.78. The maximum Gasteiger partial charge on any atom is 0.244 e. The summed E-state index contributed by atoms with van der Waals surface area (Å²) in [4.78, 5) is 42.8. The molecule has 7 heteroatoms. The van der Waals surface area contributed by atoms with Gasteiger partial charge in [-0.3, -0.25) is 19.4 Å². The quantitative estimate of drug-likeness (QED) is 0.435. The molecule has 0 bridgehead atoms. The molecule has 0 aliphatic carbocycles. The van der Waals surface area contributed by atoms with Crippen molar-refractivity contribution in [1.82, 2.24) is 9.55 Å². The van der Waals surface area contributed by atoms with E-state index in [4.69, 9.17) is 0 Å². The van der Waals surface area contributed by atoms with Gasteiger partial charge in [-0.25, -0.2) is 0 Å². The predicted molar refractivity (Wildman–Crippen MR) is 123 cm³/mol. The summed E-state index contributed by atoms with van der Waals surface area (Å²) in [7, 11) is 0. The third kappa shape index (κ3) is 4.32. The van der Waals surface area contributed by atoms with Crippen LogP contribution in [0.15, 0.2) is 82.5 Å². The molecule has 6 nitrogen and oxygen atoms in total. The first-order valence-corrected chi connectivity index (χ1v) is 10.4. The summed E-state index contributed by atoms with van der Waals surface area (Å²) >= 11 is 3.38. The van der Waals surface area contributed by atoms with E-state index < -0.39 is 5.78 Å². The SMILES string of the molecule is Cc1ccccc1NC(=O)Cn1cc(C(=O)c2ccncc2)c(=O)c2cc(Br)ccc21. The van der Waals surface area contributed by atoms with Crippen molar-refractivity contribution in [3.05, 3.63) is 105 Å². The number of benzene rings is 2. The van der Waals surface area contributed by atoms with Crippen LogP contribution in [0.1, 0.15) is 21.5 Å². The van der Waals surface area contributed by atoms with E-state index in [9.17, 15) is 14.4 Å². The van der Waals surface area contributed by atoms with E-state index in [0.29, 0.717) is 26.6 Å². The van der Waals surface area contributed by atoms with Crippen LogP contribution in [-0.2, 0) is 11.3 Å². The zero-order valence-corrected chi connectivity index (χ0v) is 18.2. The van der Waals surface area contributed by atoms with Crippen LogP contribution < -0.4 is 10.7 Å². The predicted octanol–water partition coefficient (Wildman–Crippen LogP) is 4.34. The van der Waals surface area contributed by atoms with Gasteiger partial charge >= 0.3 is 0 Å². The van der Waals surface area contributed by atoms with Crippen LogP contribution in [-0.4, -0.2) is 21.2 Å². The summed E-state index contributed by atoms with van der Waals surface area (Å²) in [6.07, 6.45) is 4.46. The molecule has 1 amide bonds. The molecule has 2 heterocycles. The number of pyridine rings is 2. The first kappa shape index (κ1) is 20.7. The van der Waals surface area contributed by atoms with Crippen molar-refractivity contribution in [3.8, 4) is 0 Å². The van der Waals surface area contributed by atoms with Crippen LogP contribution in [0.4, 0.5) is 5.69 Å². The Morgan fingerprint density at radius 3 is 2.55 bits per heavy atom. The van der Waals surface area contributed by atoms with Gasteiger partial charge in [-0.05, 0) is 48.9 Å². The van der Waals surface area contributed by atoms with Crippen molar-refractivity contribution in [2.24, 2.45) is 0 Å². The number of carbonyl (C=O) groups excluding carboxylic acids is 2. The lowest BCUT2D eigenvalue weighted by Crippen LogP contribution is -2.24. The number of amides is 1. The fourth-order valence-corrected chi connectivity index (χ4v) is 3.74. The number of halogens is 1. The lowest BCUT2D eigenvalue weighted by atomic mass is 10.0. The van der Waals surface area contributed by atoms with Gasteiger partial charge in [0.25, 0.3) is 0 Å². The minimum absolute atomic E-state index is 0.000455. The number of para-hydroxylation sites is 1. The van der Waals surface area contributed by atoms with Crippen LogP contribution in [0.3, 0.4) is 0 Å². The second kappa shape index (κ2) is 8.65. The molecule has 2 aromatic heterocycles. The van der Waals surface area contributed by atoms with Gasteiger partial charge in [-0.2, -0.15) is 0 Å². The number of carbonyl (C=O) groups is 2. The molecule has 2 aromatic carbocycles. The Hall–Kier alpha value is -3.58. The number of fused-ring (bicyclic) bond motifs is 1. The summed E-state index contributed by atoms with van der Waals surface area (Å²) in [5, 5.41) is 3.25. The van der Waals surface area contributed by atoms with Crippen molar-refractivity contribution in [1.29, 1.82) is 0 Å². The standard InChI is InChI=1S/C24H18BrN3O3/c1-15-4-2-3-5-20(15)27-22(29)14-28-13-19(23(30)16-8-10-26-11-9-16)24(31)18-12-17(25)6-7-21(18)28/h2-13H,14H2,1H3,(H,27,29). The van der Waals surface area contributed by atoms with Gasteiger partial charge in [0.05, 0.1) is 11.1 Å². The first-order chi connectivity index (χ1) is 14.9. The number of aromatic nitrogens is 2. The van der Waals surface area contributed by atoms with Gasteiger partial charge in [0.2, 0.25) is 11.3 Å². The molecule has 0 unspecified atom stereocenters.